The molecule has 2 aromatic carbocycles. The van der Waals surface area contributed by atoms with Crippen LogP contribution in [0.5, 0.6) is 11.5 Å². The van der Waals surface area contributed by atoms with Crippen molar-refractivity contribution in [2.75, 3.05) is 19.1 Å². The van der Waals surface area contributed by atoms with E-state index in [2.05, 4.69) is 4.98 Å². The van der Waals surface area contributed by atoms with Gasteiger partial charge in [-0.15, -0.1) is 0 Å². The standard InChI is InChI=1S/C24H17Cl2FN2O5/c1-33-18-11-19(34-2)16(26)10-14(18)22(30)20-21(12-5-7-28-8-6-12)29(24(32)23(20)31)13-3-4-17(27)15(25)9-13/h3-11,21,30H,1-2H3/b22-20+. The van der Waals surface area contributed by atoms with Crippen molar-refractivity contribution < 1.29 is 28.6 Å². The zero-order valence-corrected chi connectivity index (χ0v) is 19.4. The smallest absolute Gasteiger partial charge is 0.300 e. The number of methoxy groups -OCH3 is 2. The lowest BCUT2D eigenvalue weighted by atomic mass is 9.95. The maximum atomic E-state index is 13.8. The van der Waals surface area contributed by atoms with Crippen molar-refractivity contribution in [3.8, 4) is 11.5 Å². The number of aliphatic hydroxyl groups is 1. The summed E-state index contributed by atoms with van der Waals surface area (Å²) < 4.78 is 24.3. The van der Waals surface area contributed by atoms with E-state index in [9.17, 15) is 19.1 Å². The maximum absolute atomic E-state index is 13.8. The third-order valence-corrected chi connectivity index (χ3v) is 5.96. The molecule has 0 radical (unpaired) electrons. The number of pyridine rings is 1. The number of aromatic nitrogens is 1. The molecular formula is C24H17Cl2FN2O5. The molecule has 174 valence electrons. The second-order valence-corrected chi connectivity index (χ2v) is 8.05. The second kappa shape index (κ2) is 9.32. The summed E-state index contributed by atoms with van der Waals surface area (Å²) in [6.07, 6.45) is 2.97. The molecule has 1 aromatic heterocycles. The van der Waals surface area contributed by atoms with Gasteiger partial charge in [0.2, 0.25) is 0 Å². The van der Waals surface area contributed by atoms with Crippen LogP contribution in [0.25, 0.3) is 5.76 Å². The zero-order valence-electron chi connectivity index (χ0n) is 17.9. The van der Waals surface area contributed by atoms with Crippen molar-refractivity contribution in [1.29, 1.82) is 0 Å². The Kier molecular flexibility index (Phi) is 6.45. The van der Waals surface area contributed by atoms with Crippen LogP contribution in [0.15, 0.2) is 60.4 Å². The van der Waals surface area contributed by atoms with E-state index in [1.54, 1.807) is 12.1 Å². The average molecular weight is 503 g/mol. The van der Waals surface area contributed by atoms with Gasteiger partial charge in [0.15, 0.2) is 0 Å². The van der Waals surface area contributed by atoms with Crippen LogP contribution in [0.4, 0.5) is 10.1 Å². The van der Waals surface area contributed by atoms with Crippen LogP contribution >= 0.6 is 23.2 Å². The molecule has 1 N–H and O–H groups in total. The Morgan fingerprint density at radius 3 is 2.29 bits per heavy atom. The second-order valence-electron chi connectivity index (χ2n) is 7.24. The Balaban J connectivity index is 1.98. The predicted molar refractivity (Wildman–Crippen MR) is 125 cm³/mol. The molecular weight excluding hydrogens is 486 g/mol. The molecule has 0 aliphatic carbocycles. The number of carbonyl (C=O) groups is 2. The molecule has 0 saturated carbocycles. The lowest BCUT2D eigenvalue weighted by Crippen LogP contribution is -2.29. The van der Waals surface area contributed by atoms with Gasteiger partial charge in [0.1, 0.15) is 23.1 Å². The third kappa shape index (κ3) is 3.95. The van der Waals surface area contributed by atoms with E-state index in [4.69, 9.17) is 32.7 Å². The summed E-state index contributed by atoms with van der Waals surface area (Å²) in [5.74, 6) is -2.60. The number of rotatable bonds is 5. The molecule has 10 heteroatoms. The van der Waals surface area contributed by atoms with E-state index in [0.29, 0.717) is 11.3 Å². The topological polar surface area (TPSA) is 89.0 Å². The van der Waals surface area contributed by atoms with E-state index >= 15 is 0 Å². The van der Waals surface area contributed by atoms with E-state index in [-0.39, 0.29) is 32.6 Å². The molecule has 1 aliphatic rings. The minimum Gasteiger partial charge on any atom is -0.507 e. The molecule has 0 bridgehead atoms. The Morgan fingerprint density at radius 1 is 1.00 bits per heavy atom. The number of amides is 1. The number of ketones is 1. The highest BCUT2D eigenvalue weighted by atomic mass is 35.5. The van der Waals surface area contributed by atoms with Gasteiger partial charge in [-0.3, -0.25) is 19.5 Å². The summed E-state index contributed by atoms with van der Waals surface area (Å²) >= 11 is 12.2. The number of aliphatic hydroxyl groups excluding tert-OH is 1. The van der Waals surface area contributed by atoms with Crippen LogP contribution in [0.2, 0.25) is 10.0 Å². The van der Waals surface area contributed by atoms with Crippen molar-refractivity contribution in [3.63, 3.8) is 0 Å². The summed E-state index contributed by atoms with van der Waals surface area (Å²) in [7, 11) is 2.79. The summed E-state index contributed by atoms with van der Waals surface area (Å²) in [6.45, 7) is 0. The van der Waals surface area contributed by atoms with Gasteiger partial charge in [0, 0.05) is 24.1 Å². The van der Waals surface area contributed by atoms with Crippen LogP contribution in [0.3, 0.4) is 0 Å². The molecule has 1 amide bonds. The number of hydrogen-bond acceptors (Lipinski definition) is 6. The van der Waals surface area contributed by atoms with Gasteiger partial charge in [0.05, 0.1) is 41.4 Å². The van der Waals surface area contributed by atoms with Gasteiger partial charge in [-0.1, -0.05) is 23.2 Å². The van der Waals surface area contributed by atoms with Crippen molar-refractivity contribution >= 4 is 46.3 Å². The largest absolute Gasteiger partial charge is 0.507 e. The van der Waals surface area contributed by atoms with Gasteiger partial charge in [-0.2, -0.15) is 0 Å². The first kappa shape index (κ1) is 23.5. The Labute approximate surface area is 204 Å². The number of ether oxygens (including phenoxy) is 2. The first-order valence-corrected chi connectivity index (χ1v) is 10.6. The van der Waals surface area contributed by atoms with Gasteiger partial charge in [-0.05, 0) is 42.0 Å². The number of benzene rings is 2. The van der Waals surface area contributed by atoms with Crippen LogP contribution in [0, 0.1) is 5.82 Å². The lowest BCUT2D eigenvalue weighted by Gasteiger charge is -2.25. The highest BCUT2D eigenvalue weighted by Crippen LogP contribution is 2.45. The number of Topliss-reactive ketones (excluding diaryl/α,β-unsaturated/α-hetero) is 1. The number of carbonyl (C=O) groups excluding carboxylic acids is 2. The lowest BCUT2D eigenvalue weighted by molar-refractivity contribution is -0.132. The van der Waals surface area contributed by atoms with Crippen molar-refractivity contribution in [2.24, 2.45) is 0 Å². The maximum Gasteiger partial charge on any atom is 0.300 e. The number of hydrogen-bond donors (Lipinski definition) is 1. The van der Waals surface area contributed by atoms with Gasteiger partial charge < -0.3 is 14.6 Å². The van der Waals surface area contributed by atoms with Crippen LogP contribution < -0.4 is 14.4 Å². The van der Waals surface area contributed by atoms with Crippen LogP contribution in [-0.4, -0.2) is 36.0 Å². The Bertz CT molecular complexity index is 1330. The summed E-state index contributed by atoms with van der Waals surface area (Å²) in [5.41, 5.74) is 0.530. The van der Waals surface area contributed by atoms with Gasteiger partial charge in [-0.25, -0.2) is 4.39 Å². The van der Waals surface area contributed by atoms with Crippen molar-refractivity contribution in [2.45, 2.75) is 6.04 Å². The molecule has 34 heavy (non-hydrogen) atoms. The molecule has 1 saturated heterocycles. The van der Waals surface area contributed by atoms with Crippen LogP contribution in [-0.2, 0) is 9.59 Å². The number of halogens is 3. The molecule has 1 atom stereocenters. The van der Waals surface area contributed by atoms with E-state index in [0.717, 1.165) is 11.0 Å². The first-order valence-electron chi connectivity index (χ1n) is 9.86. The van der Waals surface area contributed by atoms with E-state index < -0.39 is 29.3 Å². The number of anilines is 1. The van der Waals surface area contributed by atoms with Crippen molar-refractivity contribution in [1.82, 2.24) is 4.98 Å². The van der Waals surface area contributed by atoms with Crippen LogP contribution in [0.1, 0.15) is 17.2 Å². The Hall–Kier alpha value is -3.62. The predicted octanol–water partition coefficient (Wildman–Crippen LogP) is 5.17. The SMILES string of the molecule is COc1cc(OC)c(/C(O)=C2\C(=O)C(=O)N(c3ccc(F)c(Cl)c3)C2c2ccncc2)cc1Cl. The van der Waals surface area contributed by atoms with Gasteiger partial charge >= 0.3 is 0 Å². The fourth-order valence-corrected chi connectivity index (χ4v) is 4.20. The molecule has 1 aliphatic heterocycles. The highest BCUT2D eigenvalue weighted by Gasteiger charge is 2.47. The molecule has 1 fully saturated rings. The highest BCUT2D eigenvalue weighted by molar-refractivity contribution is 6.52. The molecule has 3 aromatic rings. The monoisotopic (exact) mass is 502 g/mol. The number of nitrogens with zero attached hydrogens (tertiary/aromatic N) is 2. The minimum atomic E-state index is -1.06. The average Bonchev–Trinajstić information content (AvgIpc) is 3.11. The zero-order chi connectivity index (χ0) is 24.6. The molecule has 0 spiro atoms. The molecule has 7 nitrogen and oxygen atoms in total. The van der Waals surface area contributed by atoms with Crippen molar-refractivity contribution in [3.05, 3.63) is 87.4 Å². The quantitative estimate of drug-likeness (QED) is 0.294. The molecule has 4 rings (SSSR count). The normalized spacial score (nSPS) is 17.2. The fourth-order valence-electron chi connectivity index (χ4n) is 3.79. The third-order valence-electron chi connectivity index (χ3n) is 5.38. The van der Waals surface area contributed by atoms with E-state index in [1.165, 1.54) is 50.9 Å². The van der Waals surface area contributed by atoms with E-state index in [1.807, 2.05) is 0 Å². The summed E-state index contributed by atoms with van der Waals surface area (Å²) in [4.78, 5) is 31.5. The molecule has 2 heterocycles. The first-order chi connectivity index (χ1) is 16.3. The summed E-state index contributed by atoms with van der Waals surface area (Å²) in [5, 5.41) is 11.2. The molecule has 1 unspecified atom stereocenters. The minimum absolute atomic E-state index is 0.0856. The Morgan fingerprint density at radius 2 is 1.68 bits per heavy atom. The fraction of sp³-hybridized carbons (Fsp3) is 0.125. The summed E-state index contributed by atoms with van der Waals surface area (Å²) in [6, 6.07) is 8.62. The van der Waals surface area contributed by atoms with Gasteiger partial charge in [0.25, 0.3) is 11.7 Å².